The van der Waals surface area contributed by atoms with E-state index in [0.29, 0.717) is 18.0 Å². The van der Waals surface area contributed by atoms with Crippen molar-refractivity contribution in [2.75, 3.05) is 6.61 Å². The smallest absolute Gasteiger partial charge is 0.354 e. The Morgan fingerprint density at radius 2 is 2.28 bits per heavy atom. The van der Waals surface area contributed by atoms with Crippen LogP contribution in [0.5, 0.6) is 0 Å². The van der Waals surface area contributed by atoms with E-state index < -0.39 is 0 Å². The van der Waals surface area contributed by atoms with Gasteiger partial charge in [0.2, 0.25) is 0 Å². The third-order valence-corrected chi connectivity index (χ3v) is 2.48. The minimum atomic E-state index is -0.324. The molecule has 4 heteroatoms. The normalized spacial score (nSPS) is 15.7. The van der Waals surface area contributed by atoms with Crippen molar-refractivity contribution in [2.45, 2.75) is 33.6 Å². The second-order valence-corrected chi connectivity index (χ2v) is 3.97. The molecule has 0 saturated carbocycles. The van der Waals surface area contributed by atoms with Gasteiger partial charge in [0, 0.05) is 11.9 Å². The second kappa shape index (κ2) is 6.79. The van der Waals surface area contributed by atoms with Crippen molar-refractivity contribution >= 4 is 12.2 Å². The summed E-state index contributed by atoms with van der Waals surface area (Å²) in [6.45, 7) is 10.0. The largest absolute Gasteiger partial charge is 0.461 e. The maximum absolute atomic E-state index is 12.0. The summed E-state index contributed by atoms with van der Waals surface area (Å²) >= 11 is 0. The van der Waals surface area contributed by atoms with E-state index in [1.807, 2.05) is 13.0 Å². The summed E-state index contributed by atoms with van der Waals surface area (Å²) in [5.41, 5.74) is 2.05. The Morgan fingerprint density at radius 1 is 1.56 bits per heavy atom. The number of rotatable bonds is 5. The van der Waals surface area contributed by atoms with Crippen LogP contribution in [0.3, 0.4) is 0 Å². The molecule has 0 atom stereocenters. The first-order valence-corrected chi connectivity index (χ1v) is 6.18. The van der Waals surface area contributed by atoms with E-state index in [9.17, 15) is 4.79 Å². The van der Waals surface area contributed by atoms with Crippen LogP contribution in [0.15, 0.2) is 40.9 Å². The summed E-state index contributed by atoms with van der Waals surface area (Å²) < 4.78 is 5.09. The van der Waals surface area contributed by atoms with Crippen molar-refractivity contribution in [2.24, 2.45) is 4.99 Å². The molecule has 98 valence electrons. The molecule has 0 bridgehead atoms. The Hall–Kier alpha value is -1.84. The van der Waals surface area contributed by atoms with Gasteiger partial charge in [0.15, 0.2) is 0 Å². The SMILES string of the molecule is C=C1C=NC=C(C)N1/C(=C\CCC)C(=O)OCC. The van der Waals surface area contributed by atoms with Gasteiger partial charge in [-0.3, -0.25) is 4.99 Å². The molecule has 1 rings (SSSR count). The van der Waals surface area contributed by atoms with Crippen molar-refractivity contribution in [3.63, 3.8) is 0 Å². The van der Waals surface area contributed by atoms with Crippen molar-refractivity contribution < 1.29 is 9.53 Å². The summed E-state index contributed by atoms with van der Waals surface area (Å²) in [6, 6.07) is 0. The molecule has 0 spiro atoms. The third-order valence-electron chi connectivity index (χ3n) is 2.48. The molecule has 0 aromatic carbocycles. The predicted octanol–water partition coefficient (Wildman–Crippen LogP) is 2.99. The number of nitrogens with zero attached hydrogens (tertiary/aromatic N) is 2. The number of aliphatic imine (C=N–C) groups is 1. The number of carbonyl (C=O) groups is 1. The molecule has 0 amide bonds. The molecular formula is C14H20N2O2. The van der Waals surface area contributed by atoms with E-state index in [4.69, 9.17) is 4.74 Å². The Labute approximate surface area is 108 Å². The molecular weight excluding hydrogens is 228 g/mol. The van der Waals surface area contributed by atoms with E-state index in [0.717, 1.165) is 18.5 Å². The van der Waals surface area contributed by atoms with Gasteiger partial charge in [0.25, 0.3) is 0 Å². The summed E-state index contributed by atoms with van der Waals surface area (Å²) in [6.07, 6.45) is 7.02. The van der Waals surface area contributed by atoms with Crippen LogP contribution in [-0.2, 0) is 9.53 Å². The molecule has 1 heterocycles. The predicted molar refractivity (Wildman–Crippen MR) is 72.9 cm³/mol. The maximum atomic E-state index is 12.0. The zero-order chi connectivity index (χ0) is 13.5. The number of carbonyl (C=O) groups excluding carboxylic acids is 1. The standard InChI is InChI=1S/C14H20N2O2/c1-5-7-8-13(14(17)18-6-2)16-11(3)9-15-10-12(16)4/h8-10H,3,5-7H2,1-2,4H3/b13-8-. The van der Waals surface area contributed by atoms with Crippen molar-refractivity contribution in [1.29, 1.82) is 0 Å². The topological polar surface area (TPSA) is 41.9 Å². The number of esters is 1. The summed E-state index contributed by atoms with van der Waals surface area (Å²) in [5, 5.41) is 0. The molecule has 0 aliphatic carbocycles. The Kier molecular flexibility index (Phi) is 5.36. The minimum absolute atomic E-state index is 0.324. The van der Waals surface area contributed by atoms with Gasteiger partial charge in [-0.15, -0.1) is 0 Å². The lowest BCUT2D eigenvalue weighted by molar-refractivity contribution is -0.139. The third kappa shape index (κ3) is 3.32. The quantitative estimate of drug-likeness (QED) is 0.555. The fourth-order valence-corrected chi connectivity index (χ4v) is 1.67. The molecule has 0 radical (unpaired) electrons. The van der Waals surface area contributed by atoms with E-state index >= 15 is 0 Å². The molecule has 18 heavy (non-hydrogen) atoms. The Bertz CT molecular complexity index is 420. The van der Waals surface area contributed by atoms with Gasteiger partial charge in [-0.1, -0.05) is 26.0 Å². The molecule has 0 N–H and O–H groups in total. The molecule has 0 aromatic heterocycles. The molecule has 1 aliphatic rings. The van der Waals surface area contributed by atoms with Crippen LogP contribution in [-0.4, -0.2) is 23.7 Å². The monoisotopic (exact) mass is 248 g/mol. The van der Waals surface area contributed by atoms with Gasteiger partial charge in [-0.25, -0.2) is 4.79 Å². The number of hydrogen-bond donors (Lipinski definition) is 0. The Balaban J connectivity index is 3.03. The van der Waals surface area contributed by atoms with Gasteiger partial charge >= 0.3 is 5.97 Å². The number of ether oxygens (including phenoxy) is 1. The van der Waals surface area contributed by atoms with Crippen LogP contribution in [0.2, 0.25) is 0 Å². The molecule has 1 aliphatic heterocycles. The highest BCUT2D eigenvalue weighted by Gasteiger charge is 2.22. The van der Waals surface area contributed by atoms with Crippen molar-refractivity contribution in [3.8, 4) is 0 Å². The minimum Gasteiger partial charge on any atom is -0.461 e. The molecule has 0 aromatic rings. The van der Waals surface area contributed by atoms with E-state index in [1.54, 1.807) is 24.2 Å². The average molecular weight is 248 g/mol. The zero-order valence-corrected chi connectivity index (χ0v) is 11.3. The van der Waals surface area contributed by atoms with E-state index in [-0.39, 0.29) is 5.97 Å². The first kappa shape index (κ1) is 14.2. The highest BCUT2D eigenvalue weighted by atomic mass is 16.5. The van der Waals surface area contributed by atoms with Crippen LogP contribution in [0, 0.1) is 0 Å². The van der Waals surface area contributed by atoms with E-state index in [2.05, 4.69) is 18.5 Å². The molecule has 0 fully saturated rings. The van der Waals surface area contributed by atoms with Crippen molar-refractivity contribution in [1.82, 2.24) is 4.90 Å². The van der Waals surface area contributed by atoms with Gasteiger partial charge in [0.05, 0.1) is 18.5 Å². The van der Waals surface area contributed by atoms with Crippen molar-refractivity contribution in [3.05, 3.63) is 35.9 Å². The first-order chi connectivity index (χ1) is 8.61. The van der Waals surface area contributed by atoms with Crippen LogP contribution in [0.4, 0.5) is 0 Å². The lowest BCUT2D eigenvalue weighted by Gasteiger charge is -2.28. The molecule has 0 unspecified atom stereocenters. The number of allylic oxidation sites excluding steroid dienone is 3. The first-order valence-electron chi connectivity index (χ1n) is 6.18. The zero-order valence-electron chi connectivity index (χ0n) is 11.3. The van der Waals surface area contributed by atoms with Crippen LogP contribution in [0.25, 0.3) is 0 Å². The second-order valence-electron chi connectivity index (χ2n) is 3.97. The molecule has 0 saturated heterocycles. The summed E-state index contributed by atoms with van der Waals surface area (Å²) in [7, 11) is 0. The van der Waals surface area contributed by atoms with Gasteiger partial charge in [0.1, 0.15) is 5.70 Å². The van der Waals surface area contributed by atoms with E-state index in [1.165, 1.54) is 0 Å². The highest BCUT2D eigenvalue weighted by Crippen LogP contribution is 2.22. The molecule has 4 nitrogen and oxygen atoms in total. The Morgan fingerprint density at radius 3 is 2.83 bits per heavy atom. The summed E-state index contributed by atoms with van der Waals surface area (Å²) in [5.74, 6) is -0.324. The maximum Gasteiger partial charge on any atom is 0.354 e. The van der Waals surface area contributed by atoms with Gasteiger partial charge in [-0.05, 0) is 20.3 Å². The number of unbranched alkanes of at least 4 members (excludes halogenated alkanes) is 1. The fraction of sp³-hybridized carbons (Fsp3) is 0.429. The van der Waals surface area contributed by atoms with Gasteiger partial charge < -0.3 is 9.64 Å². The lowest BCUT2D eigenvalue weighted by atomic mass is 10.2. The van der Waals surface area contributed by atoms with Gasteiger partial charge in [-0.2, -0.15) is 0 Å². The highest BCUT2D eigenvalue weighted by molar-refractivity contribution is 5.91. The van der Waals surface area contributed by atoms with Crippen LogP contribution < -0.4 is 0 Å². The van der Waals surface area contributed by atoms with Crippen LogP contribution >= 0.6 is 0 Å². The fourth-order valence-electron chi connectivity index (χ4n) is 1.67. The average Bonchev–Trinajstić information content (AvgIpc) is 2.33. The van der Waals surface area contributed by atoms with Crippen LogP contribution in [0.1, 0.15) is 33.6 Å². The number of hydrogen-bond acceptors (Lipinski definition) is 4. The summed E-state index contributed by atoms with van der Waals surface area (Å²) in [4.78, 5) is 17.8. The lowest BCUT2D eigenvalue weighted by Crippen LogP contribution is -2.28.